The van der Waals surface area contributed by atoms with E-state index in [4.69, 9.17) is 4.74 Å². The summed E-state index contributed by atoms with van der Waals surface area (Å²) in [6.45, 7) is 9.81. The topological polar surface area (TPSA) is 86.3 Å². The van der Waals surface area contributed by atoms with Crippen LogP contribution in [0.3, 0.4) is 0 Å². The van der Waals surface area contributed by atoms with E-state index in [9.17, 15) is 9.59 Å². The van der Waals surface area contributed by atoms with Crippen LogP contribution in [-0.2, 0) is 18.3 Å². The van der Waals surface area contributed by atoms with Gasteiger partial charge in [0.05, 0.1) is 25.5 Å². The Hall–Kier alpha value is -1.58. The Morgan fingerprint density at radius 2 is 2.04 bits per heavy atom. The van der Waals surface area contributed by atoms with Gasteiger partial charge in [0.25, 0.3) is 5.56 Å². The summed E-state index contributed by atoms with van der Waals surface area (Å²) in [7, 11) is 1.65. The minimum atomic E-state index is -0.426. The molecule has 0 saturated carbocycles. The first-order valence-electron chi connectivity index (χ1n) is 9.21. The number of hydrogen-bond donors (Lipinski definition) is 2. The molecule has 0 unspecified atom stereocenters. The average molecular weight is 383 g/mol. The number of aryl methyl sites for hydroxylation is 2. The smallest absolute Gasteiger partial charge is 0.329 e. The Labute approximate surface area is 156 Å². The Kier molecular flexibility index (Phi) is 6.20. The molecule has 2 N–H and O–H groups in total. The Bertz CT molecular complexity index is 864. The quantitative estimate of drug-likeness (QED) is 0.629. The molecule has 144 valence electrons. The van der Waals surface area contributed by atoms with E-state index < -0.39 is 5.69 Å². The molecule has 0 spiro atoms. The number of aromatic amines is 1. The third kappa shape index (κ3) is 4.21. The van der Waals surface area contributed by atoms with Crippen LogP contribution in [0.1, 0.15) is 20.3 Å². The lowest BCUT2D eigenvalue weighted by molar-refractivity contribution is -0.905. The third-order valence-corrected chi connectivity index (χ3v) is 5.77. The number of morpholine rings is 1. The summed E-state index contributed by atoms with van der Waals surface area (Å²) in [5.41, 5.74) is 0.174. The van der Waals surface area contributed by atoms with Crippen LogP contribution >= 0.6 is 11.8 Å². The van der Waals surface area contributed by atoms with Crippen LogP contribution in [0.2, 0.25) is 0 Å². The standard InChI is InChI=1S/C17H27N5O3S/c1-12(2)4-5-22-13-14(20(3)16(24)19-15(13)23)18-17(22)26-11-8-21-6-9-25-10-7-21/h12H,4-11H2,1-3H3,(H,19,23,24)/p+1. The molecule has 3 rings (SSSR count). The second kappa shape index (κ2) is 8.41. The first-order valence-corrected chi connectivity index (χ1v) is 10.2. The number of imidazole rings is 1. The molecule has 2 aromatic rings. The fraction of sp³-hybridized carbons (Fsp3) is 0.706. The van der Waals surface area contributed by atoms with Gasteiger partial charge in [-0.15, -0.1) is 0 Å². The van der Waals surface area contributed by atoms with Gasteiger partial charge in [-0.2, -0.15) is 0 Å². The molecule has 0 atom stereocenters. The number of ether oxygens (including phenoxy) is 1. The number of thioether (sulfide) groups is 1. The molecule has 2 aromatic heterocycles. The molecule has 9 heteroatoms. The number of hydrogen-bond acceptors (Lipinski definition) is 5. The largest absolute Gasteiger partial charge is 0.370 e. The molecule has 3 heterocycles. The van der Waals surface area contributed by atoms with Crippen LogP contribution in [-0.4, -0.2) is 57.7 Å². The summed E-state index contributed by atoms with van der Waals surface area (Å²) in [6, 6.07) is 0. The molecule has 1 fully saturated rings. The van der Waals surface area contributed by atoms with Gasteiger partial charge in [-0.25, -0.2) is 9.78 Å². The number of aromatic nitrogens is 4. The highest BCUT2D eigenvalue weighted by atomic mass is 32.2. The van der Waals surface area contributed by atoms with Gasteiger partial charge in [-0.05, 0) is 12.3 Å². The summed E-state index contributed by atoms with van der Waals surface area (Å²) in [5.74, 6) is 1.45. The van der Waals surface area contributed by atoms with Crippen LogP contribution < -0.4 is 16.1 Å². The van der Waals surface area contributed by atoms with Crippen molar-refractivity contribution in [3.63, 3.8) is 0 Å². The highest BCUT2D eigenvalue weighted by molar-refractivity contribution is 7.99. The maximum absolute atomic E-state index is 12.4. The highest BCUT2D eigenvalue weighted by Crippen LogP contribution is 2.22. The van der Waals surface area contributed by atoms with E-state index >= 15 is 0 Å². The van der Waals surface area contributed by atoms with Crippen molar-refractivity contribution < 1.29 is 9.64 Å². The Morgan fingerprint density at radius 1 is 1.31 bits per heavy atom. The molecular formula is C17H28N5O3S+. The summed E-state index contributed by atoms with van der Waals surface area (Å²) in [6.07, 6.45) is 0.954. The highest BCUT2D eigenvalue weighted by Gasteiger charge is 2.19. The van der Waals surface area contributed by atoms with Crippen LogP contribution in [0, 0.1) is 5.92 Å². The van der Waals surface area contributed by atoms with Gasteiger partial charge >= 0.3 is 5.69 Å². The number of nitrogens with zero attached hydrogens (tertiary/aromatic N) is 3. The Morgan fingerprint density at radius 3 is 2.73 bits per heavy atom. The van der Waals surface area contributed by atoms with Crippen LogP contribution in [0.5, 0.6) is 0 Å². The maximum Gasteiger partial charge on any atom is 0.329 e. The Balaban J connectivity index is 1.85. The number of quaternary nitrogens is 1. The van der Waals surface area contributed by atoms with Gasteiger partial charge in [0.1, 0.15) is 13.1 Å². The van der Waals surface area contributed by atoms with Crippen LogP contribution in [0.15, 0.2) is 14.7 Å². The zero-order valence-corrected chi connectivity index (χ0v) is 16.5. The summed E-state index contributed by atoms with van der Waals surface area (Å²) in [4.78, 5) is 32.9. The third-order valence-electron chi connectivity index (χ3n) is 4.79. The first-order chi connectivity index (χ1) is 12.5. The molecule has 8 nitrogen and oxygen atoms in total. The lowest BCUT2D eigenvalue weighted by Crippen LogP contribution is -3.14. The van der Waals surface area contributed by atoms with Crippen LogP contribution in [0.4, 0.5) is 0 Å². The van der Waals surface area contributed by atoms with Gasteiger partial charge in [-0.3, -0.25) is 14.3 Å². The molecule has 0 amide bonds. The van der Waals surface area contributed by atoms with E-state index in [1.807, 2.05) is 4.57 Å². The summed E-state index contributed by atoms with van der Waals surface area (Å²) in [5, 5.41) is 0.819. The second-order valence-corrected chi connectivity index (χ2v) is 8.24. The van der Waals surface area contributed by atoms with Crippen molar-refractivity contribution in [3.8, 4) is 0 Å². The molecule has 1 saturated heterocycles. The number of nitrogens with one attached hydrogen (secondary N) is 2. The van der Waals surface area contributed by atoms with E-state index in [0.717, 1.165) is 56.7 Å². The van der Waals surface area contributed by atoms with Gasteiger partial charge in [0.2, 0.25) is 0 Å². The SMILES string of the molecule is CC(C)CCn1c(SCC[NH+]2CCOCC2)nc2c1c(=O)[nH]c(=O)n2C. The minimum absolute atomic E-state index is 0.356. The van der Waals surface area contributed by atoms with Gasteiger partial charge in [0.15, 0.2) is 16.3 Å². The predicted molar refractivity (Wildman–Crippen MR) is 102 cm³/mol. The maximum atomic E-state index is 12.4. The van der Waals surface area contributed by atoms with E-state index in [0.29, 0.717) is 17.1 Å². The zero-order valence-electron chi connectivity index (χ0n) is 15.7. The molecule has 0 aliphatic carbocycles. The van der Waals surface area contributed by atoms with Gasteiger partial charge in [-0.1, -0.05) is 25.6 Å². The molecule has 26 heavy (non-hydrogen) atoms. The number of fused-ring (bicyclic) bond motifs is 1. The van der Waals surface area contributed by atoms with E-state index in [2.05, 4.69) is 23.8 Å². The van der Waals surface area contributed by atoms with Crippen LogP contribution in [0.25, 0.3) is 11.2 Å². The summed E-state index contributed by atoms with van der Waals surface area (Å²) < 4.78 is 8.80. The first kappa shape index (κ1) is 19.2. The van der Waals surface area contributed by atoms with Crippen molar-refractivity contribution in [2.45, 2.75) is 32.0 Å². The zero-order chi connectivity index (χ0) is 18.7. The van der Waals surface area contributed by atoms with Gasteiger partial charge < -0.3 is 14.2 Å². The molecule has 0 bridgehead atoms. The van der Waals surface area contributed by atoms with Crippen molar-refractivity contribution >= 4 is 22.9 Å². The van der Waals surface area contributed by atoms with E-state index in [-0.39, 0.29) is 5.56 Å². The second-order valence-electron chi connectivity index (χ2n) is 7.18. The fourth-order valence-electron chi connectivity index (χ4n) is 3.12. The van der Waals surface area contributed by atoms with Crippen molar-refractivity contribution in [2.24, 2.45) is 13.0 Å². The van der Waals surface area contributed by atoms with E-state index in [1.165, 1.54) is 4.57 Å². The lowest BCUT2D eigenvalue weighted by Gasteiger charge is -2.23. The lowest BCUT2D eigenvalue weighted by atomic mass is 10.1. The molecule has 0 radical (unpaired) electrons. The van der Waals surface area contributed by atoms with Gasteiger partial charge in [0, 0.05) is 13.6 Å². The molecule has 0 aromatic carbocycles. The van der Waals surface area contributed by atoms with Crippen molar-refractivity contribution in [1.82, 2.24) is 19.1 Å². The van der Waals surface area contributed by atoms with Crippen molar-refractivity contribution in [2.75, 3.05) is 38.6 Å². The normalized spacial score (nSPS) is 16.0. The monoisotopic (exact) mass is 382 g/mol. The summed E-state index contributed by atoms with van der Waals surface area (Å²) >= 11 is 1.66. The molecule has 1 aliphatic heterocycles. The van der Waals surface area contributed by atoms with Crippen molar-refractivity contribution in [1.29, 1.82) is 0 Å². The number of H-pyrrole nitrogens is 1. The van der Waals surface area contributed by atoms with Crippen molar-refractivity contribution in [3.05, 3.63) is 20.8 Å². The fourth-order valence-corrected chi connectivity index (χ4v) is 4.18. The number of rotatable bonds is 7. The molecular weight excluding hydrogens is 354 g/mol. The predicted octanol–water partition coefficient (Wildman–Crippen LogP) is -0.523. The molecule has 1 aliphatic rings. The minimum Gasteiger partial charge on any atom is -0.370 e. The van der Waals surface area contributed by atoms with E-state index in [1.54, 1.807) is 23.7 Å². The average Bonchev–Trinajstić information content (AvgIpc) is 2.98.